The lowest BCUT2D eigenvalue weighted by molar-refractivity contribution is -0.136. The third-order valence-corrected chi connectivity index (χ3v) is 3.72. The highest BCUT2D eigenvalue weighted by molar-refractivity contribution is 6.16. The Morgan fingerprint density at radius 1 is 1.19 bits per heavy atom. The van der Waals surface area contributed by atoms with Gasteiger partial charge in [0.1, 0.15) is 23.2 Å². The van der Waals surface area contributed by atoms with Crippen molar-refractivity contribution in [2.24, 2.45) is 16.3 Å². The Bertz CT molecular complexity index is 538. The van der Waals surface area contributed by atoms with E-state index in [0.29, 0.717) is 19.4 Å². The van der Waals surface area contributed by atoms with E-state index in [0.717, 1.165) is 12.0 Å². The van der Waals surface area contributed by atoms with Gasteiger partial charge < -0.3 is 5.11 Å². The first-order chi connectivity index (χ1) is 9.87. The molecule has 4 nitrogen and oxygen atoms in total. The lowest BCUT2D eigenvalue weighted by Crippen LogP contribution is -2.38. The normalized spacial score (nSPS) is 19.3. The molecule has 21 heavy (non-hydrogen) atoms. The first kappa shape index (κ1) is 15.4. The second kappa shape index (κ2) is 6.20. The minimum Gasteiger partial charge on any atom is -0.508 e. The zero-order chi connectivity index (χ0) is 15.5. The van der Waals surface area contributed by atoms with Gasteiger partial charge in [0.05, 0.1) is 0 Å². The summed E-state index contributed by atoms with van der Waals surface area (Å²) >= 11 is 0. The molecular formula is C17H21NO3. The molecule has 0 atom stereocenters. The fourth-order valence-electron chi connectivity index (χ4n) is 2.61. The van der Waals surface area contributed by atoms with Gasteiger partial charge in [0.2, 0.25) is 0 Å². The molecule has 0 heterocycles. The summed E-state index contributed by atoms with van der Waals surface area (Å²) < 4.78 is 0. The summed E-state index contributed by atoms with van der Waals surface area (Å²) in [4.78, 5) is 28.2. The first-order valence-electron chi connectivity index (χ1n) is 7.21. The van der Waals surface area contributed by atoms with Gasteiger partial charge in [0, 0.05) is 25.6 Å². The predicted octanol–water partition coefficient (Wildman–Crippen LogP) is 2.58. The van der Waals surface area contributed by atoms with Crippen LogP contribution in [0.15, 0.2) is 29.3 Å². The van der Waals surface area contributed by atoms with E-state index in [1.807, 2.05) is 26.0 Å². The molecule has 0 aliphatic heterocycles. The number of ketones is 2. The summed E-state index contributed by atoms with van der Waals surface area (Å²) in [6.45, 7) is 4.42. The van der Waals surface area contributed by atoms with Crippen LogP contribution < -0.4 is 0 Å². The molecule has 2 rings (SSSR count). The third-order valence-electron chi connectivity index (χ3n) is 3.72. The highest BCUT2D eigenvalue weighted by atomic mass is 16.3. The van der Waals surface area contributed by atoms with E-state index in [1.165, 1.54) is 6.21 Å². The number of hydrogen-bond donors (Lipinski definition) is 1. The summed E-state index contributed by atoms with van der Waals surface area (Å²) in [5.41, 5.74) is 0.845. The van der Waals surface area contributed by atoms with Crippen LogP contribution in [-0.4, -0.2) is 29.4 Å². The lowest BCUT2D eigenvalue weighted by Gasteiger charge is -2.30. The largest absolute Gasteiger partial charge is 0.508 e. The van der Waals surface area contributed by atoms with Crippen LogP contribution in [0.1, 0.15) is 32.3 Å². The lowest BCUT2D eigenvalue weighted by atomic mass is 9.72. The van der Waals surface area contributed by atoms with Gasteiger partial charge in [-0.3, -0.25) is 14.6 Å². The molecule has 1 fully saturated rings. The molecule has 1 saturated carbocycles. The summed E-state index contributed by atoms with van der Waals surface area (Å²) in [6, 6.07) is 6.94. The molecule has 112 valence electrons. The van der Waals surface area contributed by atoms with E-state index >= 15 is 0 Å². The number of rotatable bonds is 4. The number of hydrogen-bond acceptors (Lipinski definition) is 4. The van der Waals surface area contributed by atoms with Gasteiger partial charge >= 0.3 is 0 Å². The molecule has 1 N–H and O–H groups in total. The molecule has 0 amide bonds. The number of phenolic OH excluding ortho intramolecular Hbond substituents is 1. The van der Waals surface area contributed by atoms with E-state index in [1.54, 1.807) is 12.1 Å². The van der Waals surface area contributed by atoms with Crippen LogP contribution >= 0.6 is 0 Å². The van der Waals surface area contributed by atoms with Gasteiger partial charge in [0.15, 0.2) is 0 Å². The van der Waals surface area contributed by atoms with Gasteiger partial charge in [-0.15, -0.1) is 0 Å². The fourth-order valence-corrected chi connectivity index (χ4v) is 2.61. The number of carbonyl (C=O) groups is 2. The zero-order valence-electron chi connectivity index (χ0n) is 12.5. The van der Waals surface area contributed by atoms with Crippen LogP contribution in [0, 0.1) is 11.3 Å². The average molecular weight is 287 g/mol. The molecule has 4 heteroatoms. The fraction of sp³-hybridized carbons (Fsp3) is 0.471. The van der Waals surface area contributed by atoms with Gasteiger partial charge in [-0.25, -0.2) is 0 Å². The Morgan fingerprint density at radius 2 is 1.76 bits per heavy atom. The Labute approximate surface area is 124 Å². The standard InChI is InChI=1S/C17H21NO3/c1-17(2)9-15(20)14(16(21)10-17)11-18-8-7-12-3-5-13(19)6-4-12/h3-6,11,14,19H,7-10H2,1-2H3. The Morgan fingerprint density at radius 3 is 2.33 bits per heavy atom. The number of aromatic hydroxyl groups is 1. The molecule has 1 aliphatic rings. The summed E-state index contributed by atoms with van der Waals surface area (Å²) in [6.07, 6.45) is 3.11. The van der Waals surface area contributed by atoms with E-state index in [9.17, 15) is 14.7 Å². The monoisotopic (exact) mass is 287 g/mol. The number of benzene rings is 1. The first-order valence-corrected chi connectivity index (χ1v) is 7.21. The van der Waals surface area contributed by atoms with Crippen molar-refractivity contribution in [1.82, 2.24) is 0 Å². The van der Waals surface area contributed by atoms with Crippen LogP contribution in [0.5, 0.6) is 5.75 Å². The topological polar surface area (TPSA) is 66.7 Å². The number of nitrogens with zero attached hydrogens (tertiary/aromatic N) is 1. The molecule has 1 aromatic rings. The molecule has 0 spiro atoms. The molecule has 0 bridgehead atoms. The Hall–Kier alpha value is -1.97. The maximum absolute atomic E-state index is 12.0. The van der Waals surface area contributed by atoms with Crippen molar-refractivity contribution in [3.8, 4) is 5.75 Å². The number of phenols is 1. The van der Waals surface area contributed by atoms with Crippen LogP contribution in [0.25, 0.3) is 0 Å². The molecule has 1 aromatic carbocycles. The van der Waals surface area contributed by atoms with Crippen molar-refractivity contribution in [3.63, 3.8) is 0 Å². The van der Waals surface area contributed by atoms with Crippen LogP contribution in [0.3, 0.4) is 0 Å². The average Bonchev–Trinajstić information content (AvgIpc) is 2.38. The Balaban J connectivity index is 1.88. The summed E-state index contributed by atoms with van der Waals surface area (Å²) in [5.74, 6) is -0.463. The minimum atomic E-state index is -0.655. The molecular weight excluding hydrogens is 266 g/mol. The van der Waals surface area contributed by atoms with E-state index < -0.39 is 5.92 Å². The molecule has 0 unspecified atom stereocenters. The Kier molecular flexibility index (Phi) is 4.56. The van der Waals surface area contributed by atoms with Gasteiger partial charge in [-0.1, -0.05) is 26.0 Å². The maximum Gasteiger partial charge on any atom is 0.149 e. The van der Waals surface area contributed by atoms with Crippen molar-refractivity contribution in [3.05, 3.63) is 29.8 Å². The molecule has 0 radical (unpaired) electrons. The van der Waals surface area contributed by atoms with Crippen molar-refractivity contribution >= 4 is 17.8 Å². The van der Waals surface area contributed by atoms with Gasteiger partial charge in [-0.05, 0) is 29.5 Å². The molecule has 0 aromatic heterocycles. The SMILES string of the molecule is CC1(C)CC(=O)C(C=NCCc2ccc(O)cc2)C(=O)C1. The third kappa shape index (κ3) is 4.25. The van der Waals surface area contributed by atoms with Crippen molar-refractivity contribution in [2.75, 3.05) is 6.54 Å². The second-order valence-electron chi connectivity index (χ2n) is 6.40. The highest BCUT2D eigenvalue weighted by Gasteiger charge is 2.38. The van der Waals surface area contributed by atoms with E-state index in [4.69, 9.17) is 0 Å². The van der Waals surface area contributed by atoms with Crippen LogP contribution in [-0.2, 0) is 16.0 Å². The minimum absolute atomic E-state index is 0.0235. The van der Waals surface area contributed by atoms with E-state index in [2.05, 4.69) is 4.99 Å². The smallest absolute Gasteiger partial charge is 0.149 e. The van der Waals surface area contributed by atoms with Gasteiger partial charge in [-0.2, -0.15) is 0 Å². The molecule has 0 saturated heterocycles. The van der Waals surface area contributed by atoms with Crippen LogP contribution in [0.2, 0.25) is 0 Å². The number of carbonyl (C=O) groups excluding carboxylic acids is 2. The van der Waals surface area contributed by atoms with Crippen LogP contribution in [0.4, 0.5) is 0 Å². The molecule has 1 aliphatic carbocycles. The maximum atomic E-state index is 12.0. The van der Waals surface area contributed by atoms with Crippen molar-refractivity contribution in [1.29, 1.82) is 0 Å². The second-order valence-corrected chi connectivity index (χ2v) is 6.40. The van der Waals surface area contributed by atoms with Crippen molar-refractivity contribution < 1.29 is 14.7 Å². The predicted molar refractivity (Wildman–Crippen MR) is 81.7 cm³/mol. The number of Topliss-reactive ketones (excluding diaryl/α,β-unsaturated/α-hetero) is 2. The van der Waals surface area contributed by atoms with Gasteiger partial charge in [0.25, 0.3) is 0 Å². The van der Waals surface area contributed by atoms with Crippen molar-refractivity contribution in [2.45, 2.75) is 33.1 Å². The summed E-state index contributed by atoms with van der Waals surface area (Å²) in [7, 11) is 0. The zero-order valence-corrected chi connectivity index (χ0v) is 12.5. The number of aliphatic imine (C=N–C) groups is 1. The highest BCUT2D eigenvalue weighted by Crippen LogP contribution is 2.33. The van der Waals surface area contributed by atoms with E-state index in [-0.39, 0.29) is 22.7 Å². The quantitative estimate of drug-likeness (QED) is 0.683. The summed E-state index contributed by atoms with van der Waals surface area (Å²) in [5, 5.41) is 9.19.